The predicted molar refractivity (Wildman–Crippen MR) is 104 cm³/mol. The maximum Gasteiger partial charge on any atom is 0.242 e. The summed E-state index contributed by atoms with van der Waals surface area (Å²) < 4.78 is 32.6. The van der Waals surface area contributed by atoms with E-state index in [2.05, 4.69) is 10.0 Å². The third-order valence-corrected chi connectivity index (χ3v) is 5.79. The Morgan fingerprint density at radius 2 is 1.88 bits per heavy atom. The molecule has 1 amide bonds. The molecule has 2 N–H and O–H groups in total. The van der Waals surface area contributed by atoms with Gasteiger partial charge in [-0.25, -0.2) is 8.42 Å². The van der Waals surface area contributed by atoms with Crippen LogP contribution in [0, 0.1) is 0 Å². The second-order valence-electron chi connectivity index (χ2n) is 5.47. The average Bonchev–Trinajstić information content (AvgIpc) is 2.62. The van der Waals surface area contributed by atoms with Gasteiger partial charge in [0.15, 0.2) is 0 Å². The van der Waals surface area contributed by atoms with Gasteiger partial charge in [-0.15, -0.1) is 11.8 Å². The maximum absolute atomic E-state index is 12.4. The highest BCUT2D eigenvalue weighted by Crippen LogP contribution is 2.19. The van der Waals surface area contributed by atoms with E-state index in [1.807, 2.05) is 31.4 Å². The van der Waals surface area contributed by atoms with Crippen molar-refractivity contribution in [3.63, 3.8) is 0 Å². The van der Waals surface area contributed by atoms with Crippen LogP contribution in [0.15, 0.2) is 58.3 Å². The van der Waals surface area contributed by atoms with E-state index < -0.39 is 22.0 Å². The lowest BCUT2D eigenvalue weighted by atomic mass is 10.3. The van der Waals surface area contributed by atoms with Gasteiger partial charge in [0.1, 0.15) is 5.75 Å². The summed E-state index contributed by atoms with van der Waals surface area (Å²) in [6.45, 7) is 3.85. The van der Waals surface area contributed by atoms with E-state index in [4.69, 9.17) is 4.74 Å². The Morgan fingerprint density at radius 3 is 2.50 bits per heavy atom. The molecule has 0 saturated heterocycles. The van der Waals surface area contributed by atoms with Gasteiger partial charge >= 0.3 is 0 Å². The van der Waals surface area contributed by atoms with Crippen LogP contribution < -0.4 is 14.8 Å². The van der Waals surface area contributed by atoms with E-state index in [1.165, 1.54) is 19.1 Å². The van der Waals surface area contributed by atoms with Crippen molar-refractivity contribution in [3.8, 4) is 5.75 Å². The first kappa shape index (κ1) is 20.3. The van der Waals surface area contributed by atoms with Gasteiger partial charge in [-0.1, -0.05) is 6.07 Å². The van der Waals surface area contributed by atoms with Crippen LogP contribution >= 0.6 is 11.8 Å². The molecule has 0 aliphatic heterocycles. The molecule has 0 heterocycles. The van der Waals surface area contributed by atoms with Crippen LogP contribution in [0.5, 0.6) is 5.75 Å². The van der Waals surface area contributed by atoms with Gasteiger partial charge < -0.3 is 10.1 Å². The molecule has 1 atom stereocenters. The number of hydrogen-bond acceptors (Lipinski definition) is 5. The van der Waals surface area contributed by atoms with Crippen LogP contribution in [-0.4, -0.2) is 33.2 Å². The highest BCUT2D eigenvalue weighted by atomic mass is 32.2. The van der Waals surface area contributed by atoms with E-state index >= 15 is 0 Å². The Labute approximate surface area is 158 Å². The van der Waals surface area contributed by atoms with Crippen LogP contribution in [0.4, 0.5) is 5.69 Å². The van der Waals surface area contributed by atoms with E-state index in [0.717, 1.165) is 4.90 Å². The number of carbonyl (C=O) groups excluding carboxylic acids is 1. The molecule has 8 heteroatoms. The molecule has 0 saturated carbocycles. The first-order valence-corrected chi connectivity index (χ1v) is 10.8. The van der Waals surface area contributed by atoms with Gasteiger partial charge in [-0.3, -0.25) is 4.79 Å². The zero-order valence-electron chi connectivity index (χ0n) is 14.9. The second kappa shape index (κ2) is 9.07. The quantitative estimate of drug-likeness (QED) is 0.672. The van der Waals surface area contributed by atoms with Gasteiger partial charge in [0.25, 0.3) is 0 Å². The van der Waals surface area contributed by atoms with Crippen LogP contribution in [0.2, 0.25) is 0 Å². The molecular formula is C18H22N2O4S2. The predicted octanol–water partition coefficient (Wildman–Crippen LogP) is 3.11. The van der Waals surface area contributed by atoms with Gasteiger partial charge in [-0.2, -0.15) is 4.72 Å². The summed E-state index contributed by atoms with van der Waals surface area (Å²) in [6.07, 6.45) is 1.94. The third kappa shape index (κ3) is 5.48. The standard InChI is InChI=1S/C18H22N2O4S2/c1-4-24-15-8-10-17(11-9-15)26(22,23)20-13(2)18(21)19-14-6-5-7-16(12-14)25-3/h5-13,20H,4H2,1-3H3,(H,19,21)/t13-/m1/s1. The molecule has 2 rings (SSSR count). The number of thioether (sulfide) groups is 1. The number of carbonyl (C=O) groups is 1. The molecule has 140 valence electrons. The second-order valence-corrected chi connectivity index (χ2v) is 8.06. The lowest BCUT2D eigenvalue weighted by Crippen LogP contribution is -2.41. The first-order valence-electron chi connectivity index (χ1n) is 8.06. The minimum atomic E-state index is -3.81. The van der Waals surface area contributed by atoms with Crippen LogP contribution in [-0.2, 0) is 14.8 Å². The molecule has 0 aliphatic carbocycles. The highest BCUT2D eigenvalue weighted by Gasteiger charge is 2.22. The fourth-order valence-corrected chi connectivity index (χ4v) is 3.85. The molecule has 0 aromatic heterocycles. The fourth-order valence-electron chi connectivity index (χ4n) is 2.19. The normalized spacial score (nSPS) is 12.4. The molecule has 2 aromatic carbocycles. The maximum atomic E-state index is 12.4. The van der Waals surface area contributed by atoms with Crippen molar-refractivity contribution in [2.75, 3.05) is 18.2 Å². The van der Waals surface area contributed by atoms with Crippen LogP contribution in [0.3, 0.4) is 0 Å². The average molecular weight is 395 g/mol. The van der Waals surface area contributed by atoms with Gasteiger partial charge in [-0.05, 0) is 62.6 Å². The fraction of sp³-hybridized carbons (Fsp3) is 0.278. The Balaban J connectivity index is 2.04. The van der Waals surface area contributed by atoms with E-state index in [0.29, 0.717) is 18.0 Å². The summed E-state index contributed by atoms with van der Waals surface area (Å²) in [5.74, 6) is 0.156. The topological polar surface area (TPSA) is 84.5 Å². The smallest absolute Gasteiger partial charge is 0.242 e. The highest BCUT2D eigenvalue weighted by molar-refractivity contribution is 7.98. The number of hydrogen-bond donors (Lipinski definition) is 2. The van der Waals surface area contributed by atoms with Crippen molar-refractivity contribution in [1.29, 1.82) is 0 Å². The number of benzene rings is 2. The summed E-state index contributed by atoms with van der Waals surface area (Å²) in [5, 5.41) is 2.72. The van der Waals surface area contributed by atoms with Gasteiger partial charge in [0.2, 0.25) is 15.9 Å². The molecule has 0 radical (unpaired) electrons. The zero-order valence-corrected chi connectivity index (χ0v) is 16.5. The summed E-state index contributed by atoms with van der Waals surface area (Å²) in [5.41, 5.74) is 0.619. The molecule has 2 aromatic rings. The minimum absolute atomic E-state index is 0.0741. The van der Waals surface area contributed by atoms with Crippen molar-refractivity contribution in [2.24, 2.45) is 0 Å². The van der Waals surface area contributed by atoms with Crippen molar-refractivity contribution in [1.82, 2.24) is 4.72 Å². The summed E-state index contributed by atoms with van der Waals surface area (Å²) in [7, 11) is -3.81. The van der Waals surface area contributed by atoms with Crippen LogP contribution in [0.25, 0.3) is 0 Å². The third-order valence-electron chi connectivity index (χ3n) is 3.51. The minimum Gasteiger partial charge on any atom is -0.494 e. The Hall–Kier alpha value is -2.03. The monoisotopic (exact) mass is 394 g/mol. The van der Waals surface area contributed by atoms with E-state index in [1.54, 1.807) is 30.0 Å². The van der Waals surface area contributed by atoms with Gasteiger partial charge in [0, 0.05) is 10.6 Å². The largest absolute Gasteiger partial charge is 0.494 e. The molecular weight excluding hydrogens is 372 g/mol. The lowest BCUT2D eigenvalue weighted by Gasteiger charge is -2.15. The number of nitrogens with one attached hydrogen (secondary N) is 2. The number of rotatable bonds is 8. The number of anilines is 1. The molecule has 0 bridgehead atoms. The molecule has 6 nitrogen and oxygen atoms in total. The molecule has 0 spiro atoms. The molecule has 0 aliphatic rings. The summed E-state index contributed by atoms with van der Waals surface area (Å²) in [4.78, 5) is 13.4. The van der Waals surface area contributed by atoms with Crippen molar-refractivity contribution >= 4 is 33.4 Å². The Kier molecular flexibility index (Phi) is 7.07. The molecule has 26 heavy (non-hydrogen) atoms. The molecule has 0 unspecified atom stereocenters. The Bertz CT molecular complexity index is 852. The molecule has 0 fully saturated rings. The lowest BCUT2D eigenvalue weighted by molar-refractivity contribution is -0.117. The van der Waals surface area contributed by atoms with Crippen molar-refractivity contribution < 1.29 is 17.9 Å². The number of ether oxygens (including phenoxy) is 1. The van der Waals surface area contributed by atoms with E-state index in [9.17, 15) is 13.2 Å². The SMILES string of the molecule is CCOc1ccc(S(=O)(=O)N[C@H](C)C(=O)Nc2cccc(SC)c2)cc1. The first-order chi connectivity index (χ1) is 12.4. The van der Waals surface area contributed by atoms with E-state index in [-0.39, 0.29) is 4.90 Å². The Morgan fingerprint density at radius 1 is 1.19 bits per heavy atom. The zero-order chi connectivity index (χ0) is 19.2. The van der Waals surface area contributed by atoms with Crippen LogP contribution in [0.1, 0.15) is 13.8 Å². The summed E-state index contributed by atoms with van der Waals surface area (Å²) >= 11 is 1.56. The van der Waals surface area contributed by atoms with Crippen molar-refractivity contribution in [2.45, 2.75) is 29.7 Å². The summed E-state index contributed by atoms with van der Waals surface area (Å²) in [6, 6.07) is 12.5. The number of sulfonamides is 1. The van der Waals surface area contributed by atoms with Gasteiger partial charge in [0.05, 0.1) is 17.5 Å². The van der Waals surface area contributed by atoms with Crippen molar-refractivity contribution in [3.05, 3.63) is 48.5 Å². The number of amides is 1.